The van der Waals surface area contributed by atoms with Crippen LogP contribution in [0.4, 0.5) is 11.4 Å². The number of anilines is 2. The first-order chi connectivity index (χ1) is 9.85. The average Bonchev–Trinajstić information content (AvgIpc) is 2.85. The molecule has 5 heteroatoms. The number of hydrogen-bond donors (Lipinski definition) is 2. The van der Waals surface area contributed by atoms with Gasteiger partial charge in [-0.2, -0.15) is 0 Å². The lowest BCUT2D eigenvalue weighted by Gasteiger charge is -2.23. The van der Waals surface area contributed by atoms with Crippen LogP contribution in [0.3, 0.4) is 0 Å². The number of carbonyl (C=O) groups excluding carboxylic acids is 2. The first-order valence-electron chi connectivity index (χ1n) is 7.36. The lowest BCUT2D eigenvalue weighted by atomic mass is 9.99. The highest BCUT2D eigenvalue weighted by molar-refractivity contribution is 5.99. The Labute approximate surface area is 125 Å². The highest BCUT2D eigenvalue weighted by atomic mass is 16.2. The zero-order valence-electron chi connectivity index (χ0n) is 12.9. The molecule has 1 heterocycles. The quantitative estimate of drug-likeness (QED) is 0.892. The van der Waals surface area contributed by atoms with E-state index in [1.807, 2.05) is 32.0 Å². The van der Waals surface area contributed by atoms with Gasteiger partial charge in [-0.1, -0.05) is 6.92 Å². The number of nitrogens with zero attached hydrogens (tertiary/aromatic N) is 1. The van der Waals surface area contributed by atoms with Crippen molar-refractivity contribution in [2.45, 2.75) is 45.6 Å². The van der Waals surface area contributed by atoms with Crippen LogP contribution in [0.25, 0.3) is 0 Å². The summed E-state index contributed by atoms with van der Waals surface area (Å²) in [5.74, 6) is -0.0372. The normalized spacial score (nSPS) is 17.7. The number of nitrogens with two attached hydrogens (primary N) is 1. The third-order valence-corrected chi connectivity index (χ3v) is 4.07. The van der Waals surface area contributed by atoms with Crippen molar-refractivity contribution >= 4 is 23.2 Å². The molecule has 1 atom stereocenters. The van der Waals surface area contributed by atoms with E-state index in [9.17, 15) is 9.59 Å². The number of amides is 2. The fourth-order valence-corrected chi connectivity index (χ4v) is 2.37. The Morgan fingerprint density at radius 3 is 2.71 bits per heavy atom. The first-order valence-corrected chi connectivity index (χ1v) is 7.36. The van der Waals surface area contributed by atoms with Gasteiger partial charge in [-0.3, -0.25) is 9.59 Å². The van der Waals surface area contributed by atoms with Crippen LogP contribution in [0, 0.1) is 6.92 Å². The predicted molar refractivity (Wildman–Crippen MR) is 84.3 cm³/mol. The maximum Gasteiger partial charge on any atom is 0.244 e. The van der Waals surface area contributed by atoms with Crippen molar-refractivity contribution in [2.24, 2.45) is 5.73 Å². The molecule has 1 aliphatic heterocycles. The van der Waals surface area contributed by atoms with E-state index in [0.29, 0.717) is 18.5 Å². The van der Waals surface area contributed by atoms with Gasteiger partial charge in [-0.25, -0.2) is 0 Å². The summed E-state index contributed by atoms with van der Waals surface area (Å²) in [7, 11) is 0. The van der Waals surface area contributed by atoms with Crippen molar-refractivity contribution in [3.63, 3.8) is 0 Å². The van der Waals surface area contributed by atoms with E-state index in [4.69, 9.17) is 5.73 Å². The molecule has 5 nitrogen and oxygen atoms in total. The fourth-order valence-electron chi connectivity index (χ4n) is 2.37. The number of rotatable bonds is 4. The standard InChI is InChI=1S/C16H23N3O2/c1-4-16(3,17)15(21)18-12-7-8-13(11(2)10-12)19-9-5-6-14(19)20/h7-8,10H,4-6,9,17H2,1-3H3,(H,18,21). The topological polar surface area (TPSA) is 75.4 Å². The van der Waals surface area contributed by atoms with Gasteiger partial charge in [0.1, 0.15) is 0 Å². The molecule has 3 N–H and O–H groups in total. The van der Waals surface area contributed by atoms with Crippen molar-refractivity contribution in [1.82, 2.24) is 0 Å². The van der Waals surface area contributed by atoms with Gasteiger partial charge in [0.05, 0.1) is 5.54 Å². The highest BCUT2D eigenvalue weighted by Gasteiger charge is 2.26. The van der Waals surface area contributed by atoms with Gasteiger partial charge in [0.25, 0.3) is 0 Å². The molecule has 0 aromatic heterocycles. The summed E-state index contributed by atoms with van der Waals surface area (Å²) in [5.41, 5.74) is 7.65. The molecule has 2 amide bonds. The van der Waals surface area contributed by atoms with Gasteiger partial charge in [-0.05, 0) is 50.5 Å². The maximum atomic E-state index is 12.1. The third-order valence-electron chi connectivity index (χ3n) is 4.07. The van der Waals surface area contributed by atoms with Gasteiger partial charge < -0.3 is 16.0 Å². The molecule has 2 rings (SSSR count). The lowest BCUT2D eigenvalue weighted by Crippen LogP contribution is -2.47. The molecule has 0 bridgehead atoms. The minimum absolute atomic E-state index is 0.162. The van der Waals surface area contributed by atoms with E-state index in [2.05, 4.69) is 5.32 Å². The van der Waals surface area contributed by atoms with Crippen LogP contribution in [0.2, 0.25) is 0 Å². The summed E-state index contributed by atoms with van der Waals surface area (Å²) in [6.07, 6.45) is 2.08. The average molecular weight is 289 g/mol. The molecule has 0 aliphatic carbocycles. The number of nitrogens with one attached hydrogen (secondary N) is 1. The van der Waals surface area contributed by atoms with Gasteiger partial charge in [0.2, 0.25) is 11.8 Å². The molecule has 114 valence electrons. The Kier molecular flexibility index (Phi) is 4.32. The van der Waals surface area contributed by atoms with Crippen molar-refractivity contribution in [1.29, 1.82) is 0 Å². The minimum atomic E-state index is -0.877. The fraction of sp³-hybridized carbons (Fsp3) is 0.500. The summed E-state index contributed by atoms with van der Waals surface area (Å²) in [5, 5.41) is 2.84. The van der Waals surface area contributed by atoms with E-state index in [1.54, 1.807) is 11.8 Å². The Hall–Kier alpha value is -1.88. The highest BCUT2D eigenvalue weighted by Crippen LogP contribution is 2.27. The van der Waals surface area contributed by atoms with E-state index in [0.717, 1.165) is 24.2 Å². The summed E-state index contributed by atoms with van der Waals surface area (Å²) in [4.78, 5) is 25.7. The summed E-state index contributed by atoms with van der Waals surface area (Å²) < 4.78 is 0. The second-order valence-corrected chi connectivity index (χ2v) is 5.88. The van der Waals surface area contributed by atoms with Gasteiger partial charge in [-0.15, -0.1) is 0 Å². The summed E-state index contributed by atoms with van der Waals surface area (Å²) in [6, 6.07) is 5.58. The molecule has 1 fully saturated rings. The van der Waals surface area contributed by atoms with Gasteiger partial charge in [0, 0.05) is 24.3 Å². The van der Waals surface area contributed by atoms with E-state index in [1.165, 1.54) is 0 Å². The molecule has 0 saturated carbocycles. The Morgan fingerprint density at radius 2 is 2.19 bits per heavy atom. The number of carbonyl (C=O) groups is 2. The van der Waals surface area contributed by atoms with Crippen molar-refractivity contribution in [2.75, 3.05) is 16.8 Å². The van der Waals surface area contributed by atoms with Crippen molar-refractivity contribution in [3.05, 3.63) is 23.8 Å². The Balaban J connectivity index is 2.16. The molecule has 1 aromatic carbocycles. The van der Waals surface area contributed by atoms with E-state index >= 15 is 0 Å². The van der Waals surface area contributed by atoms with Crippen molar-refractivity contribution in [3.8, 4) is 0 Å². The molecule has 1 aliphatic rings. The number of benzene rings is 1. The number of hydrogen-bond acceptors (Lipinski definition) is 3. The van der Waals surface area contributed by atoms with Crippen molar-refractivity contribution < 1.29 is 9.59 Å². The zero-order valence-corrected chi connectivity index (χ0v) is 12.9. The summed E-state index contributed by atoms with van der Waals surface area (Å²) >= 11 is 0. The number of aryl methyl sites for hydroxylation is 1. The van der Waals surface area contributed by atoms with Crippen LogP contribution in [0.1, 0.15) is 38.7 Å². The molecule has 1 unspecified atom stereocenters. The Bertz CT molecular complexity index is 567. The third kappa shape index (κ3) is 3.24. The van der Waals surface area contributed by atoms with Crippen LogP contribution >= 0.6 is 0 Å². The smallest absolute Gasteiger partial charge is 0.244 e. The summed E-state index contributed by atoms with van der Waals surface area (Å²) in [6.45, 7) is 6.31. The van der Waals surface area contributed by atoms with Crippen LogP contribution in [0.5, 0.6) is 0 Å². The second kappa shape index (κ2) is 5.85. The lowest BCUT2D eigenvalue weighted by molar-refractivity contribution is -0.120. The van der Waals surface area contributed by atoms with Gasteiger partial charge >= 0.3 is 0 Å². The molecule has 21 heavy (non-hydrogen) atoms. The molecule has 1 saturated heterocycles. The molecule has 1 aromatic rings. The monoisotopic (exact) mass is 289 g/mol. The van der Waals surface area contributed by atoms with Crippen LogP contribution in [-0.2, 0) is 9.59 Å². The first kappa shape index (κ1) is 15.5. The molecular weight excluding hydrogens is 266 g/mol. The van der Waals surface area contributed by atoms with Crippen LogP contribution in [-0.4, -0.2) is 23.9 Å². The Morgan fingerprint density at radius 1 is 1.48 bits per heavy atom. The SMILES string of the molecule is CCC(C)(N)C(=O)Nc1ccc(N2CCCC2=O)c(C)c1. The minimum Gasteiger partial charge on any atom is -0.324 e. The zero-order chi connectivity index (χ0) is 15.6. The maximum absolute atomic E-state index is 12.1. The molecule has 0 spiro atoms. The molecular formula is C16H23N3O2. The van der Waals surface area contributed by atoms with Crippen LogP contribution < -0.4 is 16.0 Å². The van der Waals surface area contributed by atoms with E-state index < -0.39 is 5.54 Å². The molecule has 0 radical (unpaired) electrons. The second-order valence-electron chi connectivity index (χ2n) is 5.88. The largest absolute Gasteiger partial charge is 0.324 e. The van der Waals surface area contributed by atoms with Crippen LogP contribution in [0.15, 0.2) is 18.2 Å². The predicted octanol–water partition coefficient (Wildman–Crippen LogP) is 2.19. The van der Waals surface area contributed by atoms with E-state index in [-0.39, 0.29) is 11.8 Å². The van der Waals surface area contributed by atoms with Gasteiger partial charge in [0.15, 0.2) is 0 Å².